The summed E-state index contributed by atoms with van der Waals surface area (Å²) >= 11 is 0. The van der Waals surface area contributed by atoms with Crippen molar-refractivity contribution in [3.63, 3.8) is 0 Å². The number of nitrogens with zero attached hydrogens (tertiary/aromatic N) is 4. The van der Waals surface area contributed by atoms with Crippen LogP contribution in [0.5, 0.6) is 0 Å². The second kappa shape index (κ2) is 6.15. The van der Waals surface area contributed by atoms with Gasteiger partial charge in [0.2, 0.25) is 5.89 Å². The molecule has 0 spiro atoms. The molecule has 1 aromatic heterocycles. The molecule has 5 nitrogen and oxygen atoms in total. The monoisotopic (exact) mass is 336 g/mol. The zero-order valence-corrected chi connectivity index (χ0v) is 13.0. The lowest BCUT2D eigenvalue weighted by Crippen LogP contribution is -2.35. The van der Waals surface area contributed by atoms with Crippen molar-refractivity contribution in [3.8, 4) is 6.07 Å². The van der Waals surface area contributed by atoms with Crippen LogP contribution < -0.4 is 4.90 Å². The summed E-state index contributed by atoms with van der Waals surface area (Å²) in [4.78, 5) is 6.09. The molecule has 2 heterocycles. The lowest BCUT2D eigenvalue weighted by molar-refractivity contribution is -0.137. The minimum absolute atomic E-state index is 0.0150. The van der Waals surface area contributed by atoms with Gasteiger partial charge in [-0.25, -0.2) is 0 Å². The van der Waals surface area contributed by atoms with Gasteiger partial charge in [0, 0.05) is 31.6 Å². The number of anilines is 1. The Balaban J connectivity index is 1.87. The molecule has 1 fully saturated rings. The number of alkyl halides is 3. The molecule has 3 rings (SSSR count). The van der Waals surface area contributed by atoms with Gasteiger partial charge in [0.05, 0.1) is 17.2 Å². The Morgan fingerprint density at radius 1 is 1.38 bits per heavy atom. The van der Waals surface area contributed by atoms with E-state index in [1.54, 1.807) is 19.1 Å². The molecule has 24 heavy (non-hydrogen) atoms. The van der Waals surface area contributed by atoms with Crippen LogP contribution in [0.3, 0.4) is 0 Å². The Morgan fingerprint density at radius 2 is 2.17 bits per heavy atom. The van der Waals surface area contributed by atoms with Crippen molar-refractivity contribution >= 4 is 5.69 Å². The molecule has 0 radical (unpaired) electrons. The topological polar surface area (TPSA) is 66.0 Å². The van der Waals surface area contributed by atoms with Crippen molar-refractivity contribution in [2.24, 2.45) is 0 Å². The van der Waals surface area contributed by atoms with E-state index in [1.165, 1.54) is 6.07 Å². The lowest BCUT2D eigenvalue weighted by atomic mass is 9.96. The molecule has 0 aliphatic carbocycles. The maximum Gasteiger partial charge on any atom is 0.417 e. The predicted octanol–water partition coefficient (Wildman–Crippen LogP) is 3.65. The van der Waals surface area contributed by atoms with Crippen molar-refractivity contribution in [1.29, 1.82) is 5.26 Å². The van der Waals surface area contributed by atoms with Gasteiger partial charge in [-0.1, -0.05) is 5.16 Å². The Morgan fingerprint density at radius 3 is 2.79 bits per heavy atom. The van der Waals surface area contributed by atoms with Gasteiger partial charge in [-0.2, -0.15) is 23.4 Å². The maximum atomic E-state index is 13.1. The fourth-order valence-corrected chi connectivity index (χ4v) is 2.96. The van der Waals surface area contributed by atoms with Gasteiger partial charge < -0.3 is 9.42 Å². The molecular formula is C16H15F3N4O. The van der Waals surface area contributed by atoms with E-state index in [4.69, 9.17) is 9.78 Å². The number of rotatable bonds is 2. The summed E-state index contributed by atoms with van der Waals surface area (Å²) in [5.41, 5.74) is -0.820. The Bertz CT molecular complexity index is 778. The second-order valence-electron chi connectivity index (χ2n) is 5.80. The van der Waals surface area contributed by atoms with Crippen LogP contribution in [-0.4, -0.2) is 23.2 Å². The van der Waals surface area contributed by atoms with Crippen LogP contribution in [0, 0.1) is 18.3 Å². The molecule has 0 bridgehead atoms. The van der Waals surface area contributed by atoms with Crippen LogP contribution in [0.4, 0.5) is 18.9 Å². The number of aromatic nitrogens is 2. The fraction of sp³-hybridized carbons (Fsp3) is 0.438. The average molecular weight is 336 g/mol. The predicted molar refractivity (Wildman–Crippen MR) is 79.4 cm³/mol. The number of hydrogen-bond donors (Lipinski definition) is 0. The third-order valence-corrected chi connectivity index (χ3v) is 4.12. The van der Waals surface area contributed by atoms with E-state index in [2.05, 4.69) is 10.1 Å². The van der Waals surface area contributed by atoms with Gasteiger partial charge >= 0.3 is 6.18 Å². The number of hydrogen-bond acceptors (Lipinski definition) is 5. The molecule has 8 heteroatoms. The van der Waals surface area contributed by atoms with Crippen LogP contribution >= 0.6 is 0 Å². The van der Waals surface area contributed by atoms with E-state index in [9.17, 15) is 13.2 Å². The quantitative estimate of drug-likeness (QED) is 0.837. The largest absolute Gasteiger partial charge is 0.417 e. The second-order valence-corrected chi connectivity index (χ2v) is 5.80. The summed E-state index contributed by atoms with van der Waals surface area (Å²) in [6.07, 6.45) is -2.88. The van der Waals surface area contributed by atoms with E-state index in [1.807, 2.05) is 4.90 Å². The van der Waals surface area contributed by atoms with Crippen molar-refractivity contribution in [2.45, 2.75) is 31.9 Å². The van der Waals surface area contributed by atoms with Crippen LogP contribution in [0.15, 0.2) is 22.7 Å². The highest BCUT2D eigenvalue weighted by molar-refractivity contribution is 5.55. The highest BCUT2D eigenvalue weighted by atomic mass is 19.4. The molecule has 1 saturated heterocycles. The summed E-state index contributed by atoms with van der Waals surface area (Å²) in [6.45, 7) is 2.87. The zero-order valence-electron chi connectivity index (χ0n) is 13.0. The number of aryl methyl sites for hydroxylation is 1. The molecule has 1 unspecified atom stereocenters. The third-order valence-electron chi connectivity index (χ3n) is 4.12. The molecule has 1 aromatic carbocycles. The van der Waals surface area contributed by atoms with Crippen LogP contribution in [-0.2, 0) is 6.18 Å². The van der Waals surface area contributed by atoms with Crippen molar-refractivity contribution in [1.82, 2.24) is 10.1 Å². The molecule has 0 saturated carbocycles. The highest BCUT2D eigenvalue weighted by Gasteiger charge is 2.35. The summed E-state index contributed by atoms with van der Waals surface area (Å²) in [7, 11) is 0. The van der Waals surface area contributed by atoms with Gasteiger partial charge in [0.15, 0.2) is 5.82 Å². The first-order valence-electron chi connectivity index (χ1n) is 7.55. The van der Waals surface area contributed by atoms with Crippen molar-refractivity contribution < 1.29 is 17.7 Å². The Kier molecular flexibility index (Phi) is 4.18. The summed E-state index contributed by atoms with van der Waals surface area (Å²) < 4.78 is 44.4. The zero-order chi connectivity index (χ0) is 17.3. The van der Waals surface area contributed by atoms with Gasteiger partial charge in [-0.3, -0.25) is 0 Å². The molecule has 126 valence electrons. The molecule has 0 amide bonds. The minimum atomic E-state index is -4.55. The summed E-state index contributed by atoms with van der Waals surface area (Å²) in [6, 6.07) is 5.42. The molecule has 1 aliphatic rings. The van der Waals surface area contributed by atoms with E-state index in [0.29, 0.717) is 30.5 Å². The first-order chi connectivity index (χ1) is 11.4. The standard InChI is InChI=1S/C16H15F3N4O/c1-10-21-15(22-24-10)12-3-2-6-23(9-12)13-5-4-11(8-20)14(7-13)16(17,18)19/h4-5,7,12H,2-3,6,9H2,1H3. The van der Waals surface area contributed by atoms with Gasteiger partial charge in [-0.05, 0) is 31.0 Å². The number of benzene rings is 1. The fourth-order valence-electron chi connectivity index (χ4n) is 2.96. The van der Waals surface area contributed by atoms with Crippen LogP contribution in [0.1, 0.15) is 41.6 Å². The summed E-state index contributed by atoms with van der Waals surface area (Å²) in [5, 5.41) is 12.8. The maximum absolute atomic E-state index is 13.1. The first-order valence-corrected chi connectivity index (χ1v) is 7.55. The van der Waals surface area contributed by atoms with E-state index < -0.39 is 11.7 Å². The van der Waals surface area contributed by atoms with Crippen LogP contribution in [0.25, 0.3) is 0 Å². The van der Waals surface area contributed by atoms with Crippen LogP contribution in [0.2, 0.25) is 0 Å². The van der Waals surface area contributed by atoms with Gasteiger partial charge in [0.25, 0.3) is 0 Å². The highest BCUT2D eigenvalue weighted by Crippen LogP contribution is 2.36. The van der Waals surface area contributed by atoms with Crippen molar-refractivity contribution in [3.05, 3.63) is 41.0 Å². The third kappa shape index (κ3) is 3.20. The molecular weight excluding hydrogens is 321 g/mol. The van der Waals surface area contributed by atoms with Crippen molar-refractivity contribution in [2.75, 3.05) is 18.0 Å². The molecule has 1 aliphatic heterocycles. The van der Waals surface area contributed by atoms with Gasteiger partial charge in [-0.15, -0.1) is 0 Å². The smallest absolute Gasteiger partial charge is 0.371 e. The number of nitriles is 1. The lowest BCUT2D eigenvalue weighted by Gasteiger charge is -2.33. The SMILES string of the molecule is Cc1nc(C2CCCN(c3ccc(C#N)c(C(F)(F)F)c3)C2)no1. The first kappa shape index (κ1) is 16.3. The normalized spacial score (nSPS) is 18.5. The molecule has 1 atom stereocenters. The average Bonchev–Trinajstić information content (AvgIpc) is 3.00. The minimum Gasteiger partial charge on any atom is -0.371 e. The van der Waals surface area contributed by atoms with E-state index in [-0.39, 0.29) is 11.5 Å². The Hall–Kier alpha value is -2.56. The Labute approximate surface area is 136 Å². The van der Waals surface area contributed by atoms with E-state index in [0.717, 1.165) is 18.9 Å². The molecule has 2 aromatic rings. The van der Waals surface area contributed by atoms with E-state index >= 15 is 0 Å². The summed E-state index contributed by atoms with van der Waals surface area (Å²) in [5.74, 6) is 1.07. The van der Waals surface area contributed by atoms with Gasteiger partial charge in [0.1, 0.15) is 0 Å². The number of halogens is 3. The number of piperidine rings is 1. The molecule has 0 N–H and O–H groups in total.